The molecule has 0 fully saturated rings. The Hall–Kier alpha value is -2.83. The number of aryl methyl sites for hydroxylation is 3. The van der Waals surface area contributed by atoms with Crippen LogP contribution in [-0.4, -0.2) is 35.4 Å². The Balaban J connectivity index is 2.24. The third kappa shape index (κ3) is 3.82. The lowest BCUT2D eigenvalue weighted by atomic mass is 10.1. The predicted octanol–water partition coefficient (Wildman–Crippen LogP) is 3.75. The lowest BCUT2D eigenvalue weighted by Crippen LogP contribution is -2.25. The van der Waals surface area contributed by atoms with Gasteiger partial charge in [-0.3, -0.25) is 4.79 Å². The molecule has 7 heteroatoms. The molecule has 0 bridgehead atoms. The molecule has 0 radical (unpaired) electrons. The van der Waals surface area contributed by atoms with Gasteiger partial charge in [0.2, 0.25) is 5.78 Å². The molecule has 1 atom stereocenters. The first-order valence-corrected chi connectivity index (χ1v) is 8.78. The molecular weight excluding hydrogens is 350 g/mol. The molecule has 0 aliphatic heterocycles. The van der Waals surface area contributed by atoms with Crippen molar-refractivity contribution in [3.05, 3.63) is 45.2 Å². The minimum atomic E-state index is -1.03. The highest BCUT2D eigenvalue weighted by atomic mass is 16.5. The lowest BCUT2D eigenvalue weighted by Gasteiger charge is -2.12. The Labute approximate surface area is 158 Å². The van der Waals surface area contributed by atoms with Crippen molar-refractivity contribution in [1.82, 2.24) is 4.98 Å². The number of rotatable bonds is 6. The van der Waals surface area contributed by atoms with E-state index in [1.54, 1.807) is 41.5 Å². The minimum Gasteiger partial charge on any atom is -0.465 e. The maximum Gasteiger partial charge on any atom is 0.342 e. The number of ether oxygens (including phenoxy) is 2. The van der Waals surface area contributed by atoms with Crippen molar-refractivity contribution in [2.24, 2.45) is 0 Å². The van der Waals surface area contributed by atoms with Crippen LogP contribution in [0.4, 0.5) is 0 Å². The van der Waals surface area contributed by atoms with E-state index in [9.17, 15) is 14.4 Å². The summed E-state index contributed by atoms with van der Waals surface area (Å²) in [7, 11) is 0. The molecule has 0 aliphatic carbocycles. The van der Waals surface area contributed by atoms with Crippen LogP contribution in [0.1, 0.15) is 73.4 Å². The summed E-state index contributed by atoms with van der Waals surface area (Å²) in [5.74, 6) is -0.448. The Morgan fingerprint density at radius 1 is 0.963 bits per heavy atom. The van der Waals surface area contributed by atoms with Crippen LogP contribution in [-0.2, 0) is 9.47 Å². The molecule has 0 aliphatic rings. The average molecular weight is 375 g/mol. The van der Waals surface area contributed by atoms with Crippen molar-refractivity contribution in [2.75, 3.05) is 6.61 Å². The van der Waals surface area contributed by atoms with Gasteiger partial charge in [0, 0.05) is 11.3 Å². The largest absolute Gasteiger partial charge is 0.465 e. The molecular formula is C20H25NO6. The zero-order chi connectivity index (χ0) is 20.5. The quantitative estimate of drug-likeness (QED) is 0.610. The van der Waals surface area contributed by atoms with Crippen LogP contribution in [0.2, 0.25) is 0 Å². The van der Waals surface area contributed by atoms with Crippen molar-refractivity contribution in [1.29, 1.82) is 0 Å². The van der Waals surface area contributed by atoms with E-state index >= 15 is 0 Å². The summed E-state index contributed by atoms with van der Waals surface area (Å²) in [6.07, 6.45) is -1.03. The highest BCUT2D eigenvalue weighted by Crippen LogP contribution is 2.24. The number of hydrogen-bond acceptors (Lipinski definition) is 6. The highest BCUT2D eigenvalue weighted by Gasteiger charge is 2.29. The summed E-state index contributed by atoms with van der Waals surface area (Å²) in [4.78, 5) is 40.2. The standard InChI is InChI=1S/C20H25NO6/c1-8-25-19(23)15-10(3)17(21-11(15)4)18(22)14(7)27-20(24)16-9(2)12(5)26-13(16)6/h14,21H,8H2,1-7H3/t14-/m1/s1. The van der Waals surface area contributed by atoms with Gasteiger partial charge < -0.3 is 18.9 Å². The number of aromatic nitrogens is 1. The summed E-state index contributed by atoms with van der Waals surface area (Å²) in [5, 5.41) is 0. The number of nitrogens with one attached hydrogen (secondary N) is 1. The number of ketones is 1. The molecule has 0 aromatic carbocycles. The Morgan fingerprint density at radius 3 is 2.11 bits per heavy atom. The fourth-order valence-corrected chi connectivity index (χ4v) is 3.08. The molecule has 2 rings (SSSR count). The van der Waals surface area contributed by atoms with Gasteiger partial charge in [0.05, 0.1) is 17.9 Å². The highest BCUT2D eigenvalue weighted by molar-refractivity contribution is 6.04. The van der Waals surface area contributed by atoms with E-state index in [2.05, 4.69) is 4.98 Å². The SMILES string of the molecule is CCOC(=O)c1c(C)[nH]c(C(=O)[C@@H](C)OC(=O)c2c(C)oc(C)c2C)c1C. The van der Waals surface area contributed by atoms with Gasteiger partial charge in [-0.1, -0.05) is 0 Å². The van der Waals surface area contributed by atoms with Gasteiger partial charge >= 0.3 is 11.9 Å². The van der Waals surface area contributed by atoms with Crippen LogP contribution in [0.3, 0.4) is 0 Å². The zero-order valence-electron chi connectivity index (χ0n) is 16.7. The zero-order valence-corrected chi connectivity index (χ0v) is 16.7. The molecule has 0 saturated carbocycles. The van der Waals surface area contributed by atoms with Crippen molar-refractivity contribution >= 4 is 17.7 Å². The number of carbonyl (C=O) groups is 3. The first kappa shape index (κ1) is 20.5. The molecule has 0 saturated heterocycles. The third-order valence-electron chi connectivity index (χ3n) is 4.58. The molecule has 0 amide bonds. The maximum absolute atomic E-state index is 12.8. The van der Waals surface area contributed by atoms with E-state index in [-0.39, 0.29) is 12.3 Å². The second-order valence-corrected chi connectivity index (χ2v) is 6.47. The summed E-state index contributed by atoms with van der Waals surface area (Å²) in [6, 6.07) is 0. The summed E-state index contributed by atoms with van der Waals surface area (Å²) in [6.45, 7) is 12.0. The van der Waals surface area contributed by atoms with E-state index in [0.717, 1.165) is 0 Å². The Morgan fingerprint density at radius 2 is 1.59 bits per heavy atom. The fourth-order valence-electron chi connectivity index (χ4n) is 3.08. The van der Waals surface area contributed by atoms with Crippen molar-refractivity contribution in [2.45, 2.75) is 54.6 Å². The van der Waals surface area contributed by atoms with E-state index < -0.39 is 23.8 Å². The number of esters is 2. The van der Waals surface area contributed by atoms with Crippen LogP contribution in [0, 0.1) is 34.6 Å². The Kier molecular flexibility index (Phi) is 5.93. The van der Waals surface area contributed by atoms with E-state index in [1.807, 2.05) is 0 Å². The van der Waals surface area contributed by atoms with Gasteiger partial charge in [-0.2, -0.15) is 0 Å². The molecule has 2 aromatic heterocycles. The molecule has 27 heavy (non-hydrogen) atoms. The second kappa shape index (κ2) is 7.82. The molecule has 2 aromatic rings. The Bertz CT molecular complexity index is 902. The van der Waals surface area contributed by atoms with Crippen molar-refractivity contribution in [3.63, 3.8) is 0 Å². The van der Waals surface area contributed by atoms with Gasteiger partial charge in [-0.15, -0.1) is 0 Å². The first-order chi connectivity index (χ1) is 12.6. The number of aromatic amines is 1. The number of hydrogen-bond donors (Lipinski definition) is 1. The van der Waals surface area contributed by atoms with Crippen molar-refractivity contribution < 1.29 is 28.3 Å². The van der Waals surface area contributed by atoms with Crippen LogP contribution in [0.5, 0.6) is 0 Å². The van der Waals surface area contributed by atoms with Gasteiger partial charge in [0.25, 0.3) is 0 Å². The summed E-state index contributed by atoms with van der Waals surface area (Å²) < 4.78 is 15.8. The molecule has 0 spiro atoms. The number of furan rings is 1. The molecule has 7 nitrogen and oxygen atoms in total. The average Bonchev–Trinajstić information content (AvgIpc) is 3.01. The molecule has 146 valence electrons. The fraction of sp³-hybridized carbons (Fsp3) is 0.450. The smallest absolute Gasteiger partial charge is 0.342 e. The van der Waals surface area contributed by atoms with Crippen LogP contribution < -0.4 is 0 Å². The van der Waals surface area contributed by atoms with Gasteiger partial charge in [-0.25, -0.2) is 9.59 Å². The maximum atomic E-state index is 12.8. The monoisotopic (exact) mass is 375 g/mol. The first-order valence-electron chi connectivity index (χ1n) is 8.78. The minimum absolute atomic E-state index is 0.229. The van der Waals surface area contributed by atoms with Gasteiger partial charge in [0.1, 0.15) is 17.1 Å². The lowest BCUT2D eigenvalue weighted by molar-refractivity contribution is 0.0314. The topological polar surface area (TPSA) is 98.6 Å². The van der Waals surface area contributed by atoms with E-state index in [0.29, 0.717) is 39.5 Å². The summed E-state index contributed by atoms with van der Waals surface area (Å²) in [5.41, 5.74) is 2.59. The molecule has 1 N–H and O–H groups in total. The molecule has 0 unspecified atom stereocenters. The van der Waals surface area contributed by atoms with Crippen LogP contribution >= 0.6 is 0 Å². The van der Waals surface area contributed by atoms with Crippen LogP contribution in [0.15, 0.2) is 4.42 Å². The second-order valence-electron chi connectivity index (χ2n) is 6.47. The van der Waals surface area contributed by atoms with Crippen LogP contribution in [0.25, 0.3) is 0 Å². The van der Waals surface area contributed by atoms with E-state index in [1.165, 1.54) is 6.92 Å². The number of Topliss-reactive ketones (excluding diaryl/α,β-unsaturated/α-hetero) is 1. The van der Waals surface area contributed by atoms with Crippen molar-refractivity contribution in [3.8, 4) is 0 Å². The van der Waals surface area contributed by atoms with Gasteiger partial charge in [-0.05, 0) is 54.0 Å². The summed E-state index contributed by atoms with van der Waals surface area (Å²) >= 11 is 0. The third-order valence-corrected chi connectivity index (χ3v) is 4.58. The van der Waals surface area contributed by atoms with Gasteiger partial charge in [0.15, 0.2) is 6.10 Å². The normalized spacial score (nSPS) is 12.0. The number of H-pyrrole nitrogens is 1. The van der Waals surface area contributed by atoms with E-state index in [4.69, 9.17) is 13.9 Å². The predicted molar refractivity (Wildman–Crippen MR) is 98.4 cm³/mol. The molecule has 2 heterocycles. The number of carbonyl (C=O) groups excluding carboxylic acids is 3.